The Balaban J connectivity index is 2.37. The molecule has 5 nitrogen and oxygen atoms in total. The van der Waals surface area contributed by atoms with Gasteiger partial charge in [-0.15, -0.1) is 0 Å². The molecule has 0 spiro atoms. The second-order valence-corrected chi connectivity index (χ2v) is 3.30. The van der Waals surface area contributed by atoms with Crippen LogP contribution in [0.25, 0.3) is 11.5 Å². The van der Waals surface area contributed by atoms with Crippen LogP contribution in [0.3, 0.4) is 0 Å². The molecule has 2 aromatic heterocycles. The fourth-order valence-electron chi connectivity index (χ4n) is 1.18. The van der Waals surface area contributed by atoms with E-state index in [0.717, 1.165) is 5.69 Å². The van der Waals surface area contributed by atoms with E-state index in [0.29, 0.717) is 11.5 Å². The number of hydrogen-bond acceptors (Lipinski definition) is 5. The maximum Gasteiger partial charge on any atom is 0.255 e. The Morgan fingerprint density at radius 2 is 2.13 bits per heavy atom. The van der Waals surface area contributed by atoms with E-state index >= 15 is 0 Å². The van der Waals surface area contributed by atoms with Crippen LogP contribution in [0.5, 0.6) is 0 Å². The third-order valence-corrected chi connectivity index (χ3v) is 1.92. The number of aliphatic hydroxyl groups is 1. The van der Waals surface area contributed by atoms with E-state index < -0.39 is 6.10 Å². The lowest BCUT2D eigenvalue weighted by molar-refractivity contribution is 0.152. The maximum atomic E-state index is 9.22. The second-order valence-electron chi connectivity index (χ2n) is 3.30. The van der Waals surface area contributed by atoms with Gasteiger partial charge in [0.05, 0.1) is 0 Å². The molecule has 0 saturated carbocycles. The first-order valence-corrected chi connectivity index (χ1v) is 4.62. The minimum absolute atomic E-state index is 0.202. The van der Waals surface area contributed by atoms with Crippen molar-refractivity contribution in [1.82, 2.24) is 15.1 Å². The van der Waals surface area contributed by atoms with Crippen molar-refractivity contribution in [1.29, 1.82) is 0 Å². The Morgan fingerprint density at radius 1 is 1.33 bits per heavy atom. The molecule has 15 heavy (non-hydrogen) atoms. The molecule has 0 fully saturated rings. The summed E-state index contributed by atoms with van der Waals surface area (Å²) in [4.78, 5) is 8.28. The van der Waals surface area contributed by atoms with Crippen molar-refractivity contribution in [3.05, 3.63) is 29.8 Å². The van der Waals surface area contributed by atoms with Gasteiger partial charge < -0.3 is 9.63 Å². The smallest absolute Gasteiger partial charge is 0.255 e. The van der Waals surface area contributed by atoms with Crippen LogP contribution in [0.15, 0.2) is 22.7 Å². The lowest BCUT2D eigenvalue weighted by Gasteiger charge is -1.94. The van der Waals surface area contributed by atoms with Crippen LogP contribution in [0, 0.1) is 6.92 Å². The summed E-state index contributed by atoms with van der Waals surface area (Å²) in [7, 11) is 0. The Kier molecular flexibility index (Phi) is 2.47. The normalized spacial score (nSPS) is 12.7. The van der Waals surface area contributed by atoms with Gasteiger partial charge in [-0.25, -0.2) is 4.98 Å². The van der Waals surface area contributed by atoms with Gasteiger partial charge in [-0.1, -0.05) is 11.2 Å². The van der Waals surface area contributed by atoms with Crippen molar-refractivity contribution >= 4 is 0 Å². The third kappa shape index (κ3) is 2.02. The Hall–Kier alpha value is -1.75. The molecule has 1 N–H and O–H groups in total. The summed E-state index contributed by atoms with van der Waals surface area (Å²) in [5.41, 5.74) is 1.53. The minimum Gasteiger partial charge on any atom is -0.384 e. The molecule has 0 radical (unpaired) electrons. The predicted molar refractivity (Wildman–Crippen MR) is 52.9 cm³/mol. The van der Waals surface area contributed by atoms with Crippen LogP contribution in [0.1, 0.15) is 24.6 Å². The van der Waals surface area contributed by atoms with Crippen molar-refractivity contribution in [2.24, 2.45) is 0 Å². The van der Waals surface area contributed by atoms with E-state index in [1.165, 1.54) is 0 Å². The highest BCUT2D eigenvalue weighted by Gasteiger charge is 2.13. The van der Waals surface area contributed by atoms with Crippen LogP contribution < -0.4 is 0 Å². The van der Waals surface area contributed by atoms with Crippen LogP contribution >= 0.6 is 0 Å². The van der Waals surface area contributed by atoms with Crippen molar-refractivity contribution in [3.63, 3.8) is 0 Å². The molecule has 0 aromatic carbocycles. The molecule has 1 atom stereocenters. The molecule has 2 rings (SSSR count). The summed E-state index contributed by atoms with van der Waals surface area (Å²) in [6, 6.07) is 5.55. The standard InChI is InChI=1S/C10H11N3O2/c1-6-4-3-5-8(11-6)9-12-10(7(2)14)15-13-9/h3-5,7,14H,1-2H3/t7-/m0/s1. The first-order chi connectivity index (χ1) is 7.16. The van der Waals surface area contributed by atoms with Gasteiger partial charge in [0.15, 0.2) is 0 Å². The molecule has 0 saturated heterocycles. The van der Waals surface area contributed by atoms with Crippen LogP contribution in [-0.4, -0.2) is 20.2 Å². The van der Waals surface area contributed by atoms with Gasteiger partial charge in [0.2, 0.25) is 5.82 Å². The van der Waals surface area contributed by atoms with Gasteiger partial charge in [-0.05, 0) is 26.0 Å². The summed E-state index contributed by atoms with van der Waals surface area (Å²) in [5.74, 6) is 0.600. The van der Waals surface area contributed by atoms with Gasteiger partial charge >= 0.3 is 0 Å². The molecule has 0 aliphatic rings. The van der Waals surface area contributed by atoms with E-state index in [4.69, 9.17) is 4.52 Å². The van der Waals surface area contributed by atoms with Crippen LogP contribution in [-0.2, 0) is 0 Å². The SMILES string of the molecule is Cc1cccc(-c2noc([C@H](C)O)n2)n1. The molecular weight excluding hydrogens is 194 g/mol. The highest BCUT2D eigenvalue weighted by molar-refractivity contribution is 5.47. The van der Waals surface area contributed by atoms with Gasteiger partial charge in [0, 0.05) is 5.69 Å². The maximum absolute atomic E-state index is 9.22. The largest absolute Gasteiger partial charge is 0.384 e. The number of hydrogen-bond donors (Lipinski definition) is 1. The van der Waals surface area contributed by atoms with Gasteiger partial charge in [-0.2, -0.15) is 4.98 Å². The van der Waals surface area contributed by atoms with Crippen molar-refractivity contribution in [2.45, 2.75) is 20.0 Å². The van der Waals surface area contributed by atoms with Gasteiger partial charge in [0.1, 0.15) is 11.8 Å². The highest BCUT2D eigenvalue weighted by Crippen LogP contribution is 2.16. The first kappa shape index (κ1) is 9.79. The quantitative estimate of drug-likeness (QED) is 0.804. The first-order valence-electron chi connectivity index (χ1n) is 4.62. The number of nitrogens with zero attached hydrogens (tertiary/aromatic N) is 3. The monoisotopic (exact) mass is 205 g/mol. The van der Waals surface area contributed by atoms with E-state index in [9.17, 15) is 5.11 Å². The molecule has 5 heteroatoms. The van der Waals surface area contributed by atoms with Crippen LogP contribution in [0.4, 0.5) is 0 Å². The van der Waals surface area contributed by atoms with E-state index in [2.05, 4.69) is 15.1 Å². The van der Waals surface area contributed by atoms with E-state index in [1.807, 2.05) is 19.1 Å². The average molecular weight is 205 g/mol. The number of aliphatic hydroxyl groups excluding tert-OH is 1. The number of rotatable bonds is 2. The zero-order chi connectivity index (χ0) is 10.8. The molecule has 0 aliphatic heterocycles. The predicted octanol–water partition coefficient (Wildman–Crippen LogP) is 1.49. The summed E-state index contributed by atoms with van der Waals surface area (Å²) in [6.07, 6.45) is -0.754. The zero-order valence-corrected chi connectivity index (χ0v) is 8.51. The summed E-state index contributed by atoms with van der Waals surface area (Å²) < 4.78 is 4.87. The molecule has 0 bridgehead atoms. The zero-order valence-electron chi connectivity index (χ0n) is 8.51. The average Bonchev–Trinajstić information content (AvgIpc) is 2.66. The molecular formula is C10H11N3O2. The molecule has 0 amide bonds. The molecule has 0 aliphatic carbocycles. The number of aromatic nitrogens is 3. The van der Waals surface area contributed by atoms with Gasteiger partial charge in [-0.3, -0.25) is 0 Å². The Bertz CT molecular complexity index is 465. The summed E-state index contributed by atoms with van der Waals surface area (Å²) >= 11 is 0. The molecule has 0 unspecified atom stereocenters. The van der Waals surface area contributed by atoms with Crippen molar-refractivity contribution < 1.29 is 9.63 Å². The fraction of sp³-hybridized carbons (Fsp3) is 0.300. The molecule has 2 aromatic rings. The van der Waals surface area contributed by atoms with Crippen molar-refractivity contribution in [2.75, 3.05) is 0 Å². The number of aryl methyl sites for hydroxylation is 1. The second kappa shape index (κ2) is 3.78. The third-order valence-electron chi connectivity index (χ3n) is 1.92. The molecule has 78 valence electrons. The van der Waals surface area contributed by atoms with Crippen molar-refractivity contribution in [3.8, 4) is 11.5 Å². The molecule has 2 heterocycles. The van der Waals surface area contributed by atoms with E-state index in [1.54, 1.807) is 13.0 Å². The van der Waals surface area contributed by atoms with Gasteiger partial charge in [0.25, 0.3) is 5.89 Å². The highest BCUT2D eigenvalue weighted by atomic mass is 16.5. The lowest BCUT2D eigenvalue weighted by atomic mass is 10.3. The Morgan fingerprint density at radius 3 is 2.73 bits per heavy atom. The lowest BCUT2D eigenvalue weighted by Crippen LogP contribution is -1.91. The minimum atomic E-state index is -0.754. The van der Waals surface area contributed by atoms with Crippen LogP contribution in [0.2, 0.25) is 0 Å². The van der Waals surface area contributed by atoms with E-state index in [-0.39, 0.29) is 5.89 Å². The summed E-state index contributed by atoms with van der Waals surface area (Å²) in [6.45, 7) is 3.46. The Labute approximate surface area is 86.8 Å². The number of pyridine rings is 1. The fourth-order valence-corrected chi connectivity index (χ4v) is 1.18. The summed E-state index contributed by atoms with van der Waals surface area (Å²) in [5, 5.41) is 13.0. The topological polar surface area (TPSA) is 72.0 Å².